The highest BCUT2D eigenvalue weighted by Crippen LogP contribution is 2.20. The lowest BCUT2D eigenvalue weighted by atomic mass is 10.1. The van der Waals surface area contributed by atoms with E-state index in [1.54, 1.807) is 4.90 Å². The Bertz CT molecular complexity index is 294. The molecule has 0 bridgehead atoms. The third-order valence-corrected chi connectivity index (χ3v) is 2.47. The molecule has 0 aromatic rings. The monoisotopic (exact) mass is 248 g/mol. The van der Waals surface area contributed by atoms with Gasteiger partial charge in [-0.3, -0.25) is 10.1 Å². The van der Waals surface area contributed by atoms with Gasteiger partial charge in [0.15, 0.2) is 0 Å². The molecule has 1 aliphatic rings. The van der Waals surface area contributed by atoms with Crippen molar-refractivity contribution in [3.8, 4) is 0 Å². The summed E-state index contributed by atoms with van der Waals surface area (Å²) in [6, 6.07) is -0.408. The van der Waals surface area contributed by atoms with Crippen molar-refractivity contribution in [3.63, 3.8) is 0 Å². The zero-order chi connectivity index (χ0) is 12.3. The average Bonchev–Trinajstić information content (AvgIpc) is 2.14. The van der Waals surface area contributed by atoms with Gasteiger partial charge in [-0.05, 0) is 20.8 Å². The molecule has 0 saturated carbocycles. The number of imide groups is 1. The lowest BCUT2D eigenvalue weighted by molar-refractivity contribution is -0.122. The Balaban J connectivity index is 2.59. The molecule has 16 heavy (non-hydrogen) atoms. The highest BCUT2D eigenvalue weighted by atomic mass is 35.5. The van der Waals surface area contributed by atoms with E-state index in [2.05, 4.69) is 5.32 Å². The number of nitrogens with one attached hydrogen (secondary N) is 1. The predicted octanol–water partition coefficient (Wildman–Crippen LogP) is 0.961. The van der Waals surface area contributed by atoms with Gasteiger partial charge in [-0.2, -0.15) is 0 Å². The Morgan fingerprint density at radius 2 is 2.19 bits per heavy atom. The van der Waals surface area contributed by atoms with Crippen LogP contribution in [-0.4, -0.2) is 47.5 Å². The van der Waals surface area contributed by atoms with E-state index in [0.29, 0.717) is 13.1 Å². The zero-order valence-electron chi connectivity index (χ0n) is 9.75. The van der Waals surface area contributed by atoms with Gasteiger partial charge in [-0.25, -0.2) is 4.79 Å². The fourth-order valence-corrected chi connectivity index (χ4v) is 1.91. The second kappa shape index (κ2) is 5.01. The van der Waals surface area contributed by atoms with Crippen molar-refractivity contribution < 1.29 is 14.3 Å². The van der Waals surface area contributed by atoms with Gasteiger partial charge < -0.3 is 9.64 Å². The van der Waals surface area contributed by atoms with Crippen molar-refractivity contribution in [2.75, 3.05) is 19.0 Å². The molecule has 6 heteroatoms. The number of amides is 3. The van der Waals surface area contributed by atoms with Crippen LogP contribution in [0.1, 0.15) is 20.8 Å². The Hall–Kier alpha value is -0.810. The Labute approximate surface area is 100 Å². The number of alkyl halides is 1. The van der Waals surface area contributed by atoms with Gasteiger partial charge in [0, 0.05) is 6.54 Å². The predicted molar refractivity (Wildman–Crippen MR) is 60.5 cm³/mol. The minimum Gasteiger partial charge on any atom is -0.369 e. The van der Waals surface area contributed by atoms with E-state index < -0.39 is 11.9 Å². The topological polar surface area (TPSA) is 58.6 Å². The first-order chi connectivity index (χ1) is 7.34. The van der Waals surface area contributed by atoms with E-state index in [4.69, 9.17) is 16.3 Å². The molecule has 1 unspecified atom stereocenters. The fourth-order valence-electron chi connectivity index (χ4n) is 1.84. The summed E-state index contributed by atoms with van der Waals surface area (Å²) >= 11 is 5.31. The molecule has 92 valence electrons. The molecule has 5 nitrogen and oxygen atoms in total. The molecule has 1 saturated heterocycles. The summed E-state index contributed by atoms with van der Waals surface area (Å²) in [6.45, 7) is 6.65. The van der Waals surface area contributed by atoms with Crippen LogP contribution in [0.4, 0.5) is 4.79 Å². The van der Waals surface area contributed by atoms with Crippen molar-refractivity contribution >= 4 is 23.5 Å². The zero-order valence-corrected chi connectivity index (χ0v) is 10.5. The number of rotatable bonds is 1. The van der Waals surface area contributed by atoms with Gasteiger partial charge in [0.2, 0.25) is 5.91 Å². The molecule has 1 atom stereocenters. The molecular weight excluding hydrogens is 232 g/mol. The van der Waals surface area contributed by atoms with Gasteiger partial charge in [-0.1, -0.05) is 0 Å². The van der Waals surface area contributed by atoms with Crippen LogP contribution >= 0.6 is 11.6 Å². The minimum absolute atomic E-state index is 0.0411. The molecular formula is C10H17ClN2O3. The quantitative estimate of drug-likeness (QED) is 0.704. The molecule has 0 aliphatic carbocycles. The largest absolute Gasteiger partial charge is 0.369 e. The van der Waals surface area contributed by atoms with Gasteiger partial charge in [0.25, 0.3) is 0 Å². The van der Waals surface area contributed by atoms with Gasteiger partial charge >= 0.3 is 6.03 Å². The van der Waals surface area contributed by atoms with Crippen LogP contribution in [0.3, 0.4) is 0 Å². The number of halogens is 1. The second-order valence-electron chi connectivity index (χ2n) is 4.56. The SMILES string of the molecule is CC1CN(C(=O)NC(=O)CCl)CC(C)(C)O1. The van der Waals surface area contributed by atoms with E-state index >= 15 is 0 Å². The molecule has 0 aromatic carbocycles. The third-order valence-electron chi connectivity index (χ3n) is 2.22. The van der Waals surface area contributed by atoms with Crippen molar-refractivity contribution in [2.45, 2.75) is 32.5 Å². The summed E-state index contributed by atoms with van der Waals surface area (Å²) in [6.07, 6.45) is -0.0411. The maximum absolute atomic E-state index is 11.7. The van der Waals surface area contributed by atoms with Crippen LogP contribution in [0.15, 0.2) is 0 Å². The highest BCUT2D eigenvalue weighted by molar-refractivity contribution is 6.28. The molecule has 0 radical (unpaired) electrons. The fraction of sp³-hybridized carbons (Fsp3) is 0.800. The average molecular weight is 249 g/mol. The van der Waals surface area contributed by atoms with Crippen LogP contribution in [0, 0.1) is 0 Å². The molecule has 1 aliphatic heterocycles. The summed E-state index contributed by atoms with van der Waals surface area (Å²) < 4.78 is 5.65. The summed E-state index contributed by atoms with van der Waals surface area (Å²) in [5.74, 6) is -0.696. The molecule has 1 heterocycles. The van der Waals surface area contributed by atoms with E-state index in [-0.39, 0.29) is 17.6 Å². The number of carbonyl (C=O) groups excluding carboxylic acids is 2. The van der Waals surface area contributed by atoms with Crippen LogP contribution in [0.25, 0.3) is 0 Å². The lowest BCUT2D eigenvalue weighted by Gasteiger charge is -2.41. The number of urea groups is 1. The number of ether oxygens (including phenoxy) is 1. The van der Waals surface area contributed by atoms with Gasteiger partial charge in [0.05, 0.1) is 18.2 Å². The highest BCUT2D eigenvalue weighted by Gasteiger charge is 2.33. The van der Waals surface area contributed by atoms with Gasteiger partial charge in [-0.15, -0.1) is 11.6 Å². The number of hydrogen-bond donors (Lipinski definition) is 1. The van der Waals surface area contributed by atoms with Crippen LogP contribution < -0.4 is 5.32 Å². The first kappa shape index (κ1) is 13.3. The summed E-state index contributed by atoms with van der Waals surface area (Å²) in [5.41, 5.74) is -0.390. The Kier molecular flexibility index (Phi) is 4.15. The molecule has 1 N–H and O–H groups in total. The molecule has 3 amide bonds. The van der Waals surface area contributed by atoms with Crippen molar-refractivity contribution in [2.24, 2.45) is 0 Å². The first-order valence-electron chi connectivity index (χ1n) is 5.16. The number of hydrogen-bond acceptors (Lipinski definition) is 3. The maximum atomic E-state index is 11.7. The Morgan fingerprint density at radius 3 is 2.69 bits per heavy atom. The van der Waals surface area contributed by atoms with E-state index in [1.807, 2.05) is 20.8 Å². The van der Waals surface area contributed by atoms with Crippen molar-refractivity contribution in [1.29, 1.82) is 0 Å². The second-order valence-corrected chi connectivity index (χ2v) is 4.82. The normalized spacial score (nSPS) is 24.0. The first-order valence-corrected chi connectivity index (χ1v) is 5.70. The molecule has 1 fully saturated rings. The van der Waals surface area contributed by atoms with E-state index in [9.17, 15) is 9.59 Å². The van der Waals surface area contributed by atoms with Crippen LogP contribution in [0.5, 0.6) is 0 Å². The molecule has 0 aromatic heterocycles. The molecule has 1 rings (SSSR count). The number of nitrogens with zero attached hydrogens (tertiary/aromatic N) is 1. The Morgan fingerprint density at radius 1 is 1.56 bits per heavy atom. The third kappa shape index (κ3) is 3.64. The maximum Gasteiger partial charge on any atom is 0.324 e. The smallest absolute Gasteiger partial charge is 0.324 e. The van der Waals surface area contributed by atoms with E-state index in [0.717, 1.165) is 0 Å². The van der Waals surface area contributed by atoms with Crippen LogP contribution in [0.2, 0.25) is 0 Å². The summed E-state index contributed by atoms with van der Waals surface area (Å²) in [7, 11) is 0. The van der Waals surface area contributed by atoms with Gasteiger partial charge in [0.1, 0.15) is 5.88 Å². The number of morpholine rings is 1. The van der Waals surface area contributed by atoms with Crippen molar-refractivity contribution in [3.05, 3.63) is 0 Å². The summed E-state index contributed by atoms with van der Waals surface area (Å²) in [5, 5.41) is 2.22. The van der Waals surface area contributed by atoms with Crippen molar-refractivity contribution in [1.82, 2.24) is 10.2 Å². The standard InChI is InChI=1S/C10H17ClN2O3/c1-7-5-13(6-10(2,3)16-7)9(15)12-8(14)4-11/h7H,4-6H2,1-3H3,(H,12,14,15). The number of carbonyl (C=O) groups is 2. The summed E-state index contributed by atoms with van der Waals surface area (Å²) in [4.78, 5) is 24.2. The lowest BCUT2D eigenvalue weighted by Crippen LogP contribution is -2.57. The van der Waals surface area contributed by atoms with Crippen LogP contribution in [-0.2, 0) is 9.53 Å². The van der Waals surface area contributed by atoms with E-state index in [1.165, 1.54) is 0 Å². The molecule has 0 spiro atoms. The minimum atomic E-state index is -0.483.